The molecular formula is C16H26N2O3. The Morgan fingerprint density at radius 3 is 2.76 bits per heavy atom. The van der Waals surface area contributed by atoms with E-state index in [1.54, 1.807) is 0 Å². The first-order valence-corrected chi connectivity index (χ1v) is 7.49. The molecule has 0 saturated carbocycles. The van der Waals surface area contributed by atoms with Crippen molar-refractivity contribution in [3.05, 3.63) is 29.3 Å². The number of benzene rings is 1. The van der Waals surface area contributed by atoms with E-state index in [1.165, 1.54) is 0 Å². The third-order valence-corrected chi connectivity index (χ3v) is 3.81. The van der Waals surface area contributed by atoms with Crippen LogP contribution in [0.1, 0.15) is 18.1 Å². The monoisotopic (exact) mass is 294 g/mol. The van der Waals surface area contributed by atoms with E-state index in [0.29, 0.717) is 25.4 Å². The van der Waals surface area contributed by atoms with Crippen molar-refractivity contribution >= 4 is 0 Å². The third-order valence-electron chi connectivity index (χ3n) is 3.81. The van der Waals surface area contributed by atoms with Crippen LogP contribution >= 0.6 is 0 Å². The summed E-state index contributed by atoms with van der Waals surface area (Å²) in [4.78, 5) is 2.22. The number of aliphatic hydroxyl groups is 1. The van der Waals surface area contributed by atoms with Gasteiger partial charge in [-0.1, -0.05) is 18.2 Å². The van der Waals surface area contributed by atoms with Crippen LogP contribution in [0.25, 0.3) is 0 Å². The van der Waals surface area contributed by atoms with Gasteiger partial charge < -0.3 is 20.3 Å². The van der Waals surface area contributed by atoms with E-state index < -0.39 is 5.60 Å². The van der Waals surface area contributed by atoms with Gasteiger partial charge in [-0.05, 0) is 19.4 Å². The Labute approximate surface area is 126 Å². The van der Waals surface area contributed by atoms with Crippen LogP contribution in [-0.4, -0.2) is 60.1 Å². The molecule has 0 radical (unpaired) electrons. The van der Waals surface area contributed by atoms with Gasteiger partial charge in [0.15, 0.2) is 0 Å². The molecule has 1 aliphatic rings. The predicted octanol–water partition coefficient (Wildman–Crippen LogP) is 0.873. The Morgan fingerprint density at radius 1 is 1.33 bits per heavy atom. The summed E-state index contributed by atoms with van der Waals surface area (Å²) in [5, 5.41) is 23.7. The van der Waals surface area contributed by atoms with E-state index in [4.69, 9.17) is 4.74 Å². The third kappa shape index (κ3) is 4.97. The lowest BCUT2D eigenvalue weighted by molar-refractivity contribution is -0.0219. The van der Waals surface area contributed by atoms with Gasteiger partial charge in [0.05, 0.1) is 18.8 Å². The van der Waals surface area contributed by atoms with Crippen LogP contribution in [0.5, 0.6) is 5.75 Å². The first-order valence-electron chi connectivity index (χ1n) is 7.49. The Balaban J connectivity index is 1.79. The number of para-hydroxylation sites is 1. The van der Waals surface area contributed by atoms with Crippen molar-refractivity contribution in [2.75, 3.05) is 39.4 Å². The highest BCUT2D eigenvalue weighted by Crippen LogP contribution is 2.21. The van der Waals surface area contributed by atoms with Gasteiger partial charge in [-0.25, -0.2) is 0 Å². The molecule has 1 fully saturated rings. The molecule has 1 unspecified atom stereocenters. The number of nitrogens with one attached hydrogen (secondary N) is 1. The molecule has 1 aromatic carbocycles. The molecule has 1 atom stereocenters. The Bertz CT molecular complexity index is 457. The maximum Gasteiger partial charge on any atom is 0.122 e. The predicted molar refractivity (Wildman–Crippen MR) is 82.4 cm³/mol. The first-order chi connectivity index (χ1) is 9.98. The highest BCUT2D eigenvalue weighted by molar-refractivity contribution is 5.39. The quantitative estimate of drug-likeness (QED) is 0.727. The van der Waals surface area contributed by atoms with Crippen molar-refractivity contribution in [3.63, 3.8) is 0 Å². The van der Waals surface area contributed by atoms with Gasteiger partial charge in [0.25, 0.3) is 0 Å². The molecule has 2 rings (SSSR count). The van der Waals surface area contributed by atoms with Crippen molar-refractivity contribution in [1.82, 2.24) is 10.2 Å². The fourth-order valence-electron chi connectivity index (χ4n) is 2.63. The van der Waals surface area contributed by atoms with E-state index in [1.807, 2.05) is 32.0 Å². The van der Waals surface area contributed by atoms with E-state index in [9.17, 15) is 10.2 Å². The maximum atomic E-state index is 10.5. The lowest BCUT2D eigenvalue weighted by Gasteiger charge is -2.34. The Kier molecular flexibility index (Phi) is 5.58. The summed E-state index contributed by atoms with van der Waals surface area (Å²) in [6.45, 7) is 8.59. The summed E-state index contributed by atoms with van der Waals surface area (Å²) in [5.41, 5.74) is 0.933. The van der Waals surface area contributed by atoms with E-state index in [0.717, 1.165) is 37.4 Å². The summed E-state index contributed by atoms with van der Waals surface area (Å²) in [6, 6.07) is 5.71. The average Bonchev–Trinajstić information content (AvgIpc) is 2.44. The van der Waals surface area contributed by atoms with Crippen LogP contribution in [0.15, 0.2) is 18.2 Å². The average molecular weight is 294 g/mol. The maximum absolute atomic E-state index is 10.5. The number of hydrogen-bond donors (Lipinski definition) is 3. The molecule has 5 heteroatoms. The number of ether oxygens (including phenoxy) is 1. The highest BCUT2D eigenvalue weighted by atomic mass is 16.5. The number of phenols is 1. The zero-order chi connectivity index (χ0) is 15.3. The van der Waals surface area contributed by atoms with Crippen LogP contribution in [0.2, 0.25) is 0 Å². The van der Waals surface area contributed by atoms with Crippen LogP contribution < -0.4 is 5.32 Å². The van der Waals surface area contributed by atoms with Gasteiger partial charge >= 0.3 is 0 Å². The number of nitrogens with zero attached hydrogens (tertiary/aromatic N) is 1. The van der Waals surface area contributed by atoms with Crippen LogP contribution in [0.4, 0.5) is 0 Å². The van der Waals surface area contributed by atoms with Crippen molar-refractivity contribution in [2.24, 2.45) is 0 Å². The lowest BCUT2D eigenvalue weighted by Crippen LogP contribution is -2.50. The van der Waals surface area contributed by atoms with Crippen LogP contribution in [0.3, 0.4) is 0 Å². The molecule has 1 saturated heterocycles. The minimum absolute atomic E-state index is 0.331. The van der Waals surface area contributed by atoms with Crippen LogP contribution in [0, 0.1) is 6.92 Å². The van der Waals surface area contributed by atoms with E-state index in [2.05, 4.69) is 10.2 Å². The summed E-state index contributed by atoms with van der Waals surface area (Å²) in [6.07, 6.45) is 0. The van der Waals surface area contributed by atoms with Crippen LogP contribution in [-0.2, 0) is 11.3 Å². The molecule has 1 aliphatic heterocycles. The molecule has 0 aliphatic carbocycles. The molecule has 1 heterocycles. The SMILES string of the molecule is Cc1cccc(CNCC(C)(O)CN2CCOCC2)c1O. The molecule has 0 aromatic heterocycles. The molecule has 0 amide bonds. The van der Waals surface area contributed by atoms with Gasteiger partial charge in [-0.15, -0.1) is 0 Å². The number of phenolic OH excluding ortho intramolecular Hbond substituents is 1. The molecule has 5 nitrogen and oxygen atoms in total. The second kappa shape index (κ2) is 7.22. The minimum Gasteiger partial charge on any atom is -0.507 e. The van der Waals surface area contributed by atoms with Gasteiger partial charge in [-0.2, -0.15) is 0 Å². The van der Waals surface area contributed by atoms with Gasteiger partial charge in [-0.3, -0.25) is 4.90 Å². The second-order valence-corrected chi connectivity index (χ2v) is 6.07. The highest BCUT2D eigenvalue weighted by Gasteiger charge is 2.24. The molecule has 118 valence electrons. The van der Waals surface area contributed by atoms with Gasteiger partial charge in [0.1, 0.15) is 5.75 Å². The van der Waals surface area contributed by atoms with Crippen molar-refractivity contribution in [1.29, 1.82) is 0 Å². The number of aromatic hydroxyl groups is 1. The normalized spacial score (nSPS) is 19.4. The number of hydrogen-bond acceptors (Lipinski definition) is 5. The first kappa shape index (κ1) is 16.2. The van der Waals surface area contributed by atoms with E-state index >= 15 is 0 Å². The van der Waals surface area contributed by atoms with Crippen molar-refractivity contribution in [3.8, 4) is 5.75 Å². The molecule has 21 heavy (non-hydrogen) atoms. The summed E-state index contributed by atoms with van der Waals surface area (Å²) < 4.78 is 5.31. The Morgan fingerprint density at radius 2 is 2.05 bits per heavy atom. The van der Waals surface area contributed by atoms with Gasteiger partial charge in [0, 0.05) is 38.3 Å². The fourth-order valence-corrected chi connectivity index (χ4v) is 2.63. The minimum atomic E-state index is -0.795. The fraction of sp³-hybridized carbons (Fsp3) is 0.625. The summed E-state index contributed by atoms with van der Waals surface area (Å²) in [5.74, 6) is 0.331. The zero-order valence-electron chi connectivity index (χ0n) is 12.9. The second-order valence-electron chi connectivity index (χ2n) is 6.07. The number of aryl methyl sites for hydroxylation is 1. The van der Waals surface area contributed by atoms with Gasteiger partial charge in [0.2, 0.25) is 0 Å². The number of morpholine rings is 1. The smallest absolute Gasteiger partial charge is 0.122 e. The molecule has 0 bridgehead atoms. The topological polar surface area (TPSA) is 65.0 Å². The molecule has 3 N–H and O–H groups in total. The van der Waals surface area contributed by atoms with Crippen molar-refractivity contribution in [2.45, 2.75) is 26.0 Å². The molecular weight excluding hydrogens is 268 g/mol. The Hall–Kier alpha value is -1.14. The lowest BCUT2D eigenvalue weighted by atomic mass is 10.1. The summed E-state index contributed by atoms with van der Waals surface area (Å²) in [7, 11) is 0. The largest absolute Gasteiger partial charge is 0.507 e. The number of rotatable bonds is 6. The van der Waals surface area contributed by atoms with Crippen molar-refractivity contribution < 1.29 is 14.9 Å². The zero-order valence-corrected chi connectivity index (χ0v) is 12.9. The molecule has 0 spiro atoms. The molecule has 1 aromatic rings. The summed E-state index contributed by atoms with van der Waals surface area (Å²) >= 11 is 0. The standard InChI is InChI=1S/C16H26N2O3/c1-13-4-3-5-14(15(13)19)10-17-11-16(2,20)12-18-6-8-21-9-7-18/h3-5,17,19-20H,6-12H2,1-2H3. The number of β-amino-alcohol motifs (C(OH)–C–C–N with tert-alkyl or cyclic N) is 1. The van der Waals surface area contributed by atoms with E-state index in [-0.39, 0.29) is 0 Å².